The van der Waals surface area contributed by atoms with Crippen molar-refractivity contribution in [3.8, 4) is 5.75 Å². The van der Waals surface area contributed by atoms with Crippen molar-refractivity contribution in [2.75, 3.05) is 0 Å². The monoisotopic (exact) mass is 446 g/mol. The Morgan fingerprint density at radius 3 is 2.55 bits per heavy atom. The summed E-state index contributed by atoms with van der Waals surface area (Å²) in [7, 11) is 0. The maximum Gasteiger partial charge on any atom is 0.335 e. The number of benzene rings is 2. The first kappa shape index (κ1) is 21.6. The average Bonchev–Trinajstić information content (AvgIpc) is 3.32. The standard InChI is InChI=1S/C24H18N2O7/c27-21-20(22(28)26(24(31)25-21)13-19-5-2-10-32-19)12-15-6-8-18(9-7-15)33-14-16-3-1-4-17(11-16)23(29)30/h1-12H,13-14H2,(H,29,30)(H,25,27,31). The molecule has 1 aromatic heterocycles. The highest BCUT2D eigenvalue weighted by atomic mass is 16.5. The number of urea groups is 1. The van der Waals surface area contributed by atoms with E-state index in [1.54, 1.807) is 48.5 Å². The number of hydrogen-bond donors (Lipinski definition) is 2. The highest BCUT2D eigenvalue weighted by Crippen LogP contribution is 2.20. The van der Waals surface area contributed by atoms with Crippen molar-refractivity contribution < 1.29 is 33.4 Å². The number of ether oxygens (including phenoxy) is 1. The third-order valence-electron chi connectivity index (χ3n) is 4.85. The van der Waals surface area contributed by atoms with Crippen molar-refractivity contribution >= 4 is 29.9 Å². The number of hydrogen-bond acceptors (Lipinski definition) is 6. The molecule has 2 aromatic carbocycles. The molecule has 1 fully saturated rings. The first-order chi connectivity index (χ1) is 15.9. The summed E-state index contributed by atoms with van der Waals surface area (Å²) in [5.74, 6) is -1.59. The normalized spacial score (nSPS) is 15.0. The topological polar surface area (TPSA) is 126 Å². The van der Waals surface area contributed by atoms with Crippen LogP contribution in [0.4, 0.5) is 4.79 Å². The molecule has 0 saturated carbocycles. The maximum atomic E-state index is 12.7. The van der Waals surface area contributed by atoms with Gasteiger partial charge in [0.1, 0.15) is 23.7 Å². The van der Waals surface area contributed by atoms with E-state index in [0.717, 1.165) is 4.90 Å². The summed E-state index contributed by atoms with van der Waals surface area (Å²) in [6, 6.07) is 15.5. The van der Waals surface area contributed by atoms with Gasteiger partial charge in [0, 0.05) is 0 Å². The van der Waals surface area contributed by atoms with E-state index in [4.69, 9.17) is 14.3 Å². The second-order valence-electron chi connectivity index (χ2n) is 7.15. The smallest absolute Gasteiger partial charge is 0.335 e. The highest BCUT2D eigenvalue weighted by molar-refractivity contribution is 6.30. The fourth-order valence-electron chi connectivity index (χ4n) is 3.18. The van der Waals surface area contributed by atoms with Gasteiger partial charge in [-0.15, -0.1) is 0 Å². The number of barbiturate groups is 1. The lowest BCUT2D eigenvalue weighted by atomic mass is 10.1. The summed E-state index contributed by atoms with van der Waals surface area (Å²) in [6.45, 7) is 0.0739. The first-order valence-corrected chi connectivity index (χ1v) is 9.87. The molecule has 0 unspecified atom stereocenters. The van der Waals surface area contributed by atoms with Crippen molar-refractivity contribution in [1.82, 2.24) is 10.2 Å². The minimum Gasteiger partial charge on any atom is -0.489 e. The Kier molecular flexibility index (Phi) is 6.03. The van der Waals surface area contributed by atoms with Gasteiger partial charge < -0.3 is 14.3 Å². The number of nitrogens with one attached hydrogen (secondary N) is 1. The molecule has 0 aliphatic carbocycles. The molecule has 3 aromatic rings. The van der Waals surface area contributed by atoms with Gasteiger partial charge in [0.2, 0.25) is 0 Å². The van der Waals surface area contributed by atoms with E-state index in [2.05, 4.69) is 5.32 Å². The number of aromatic carboxylic acids is 1. The summed E-state index contributed by atoms with van der Waals surface area (Å²) in [5.41, 5.74) is 1.25. The predicted octanol–water partition coefficient (Wildman–Crippen LogP) is 3.22. The molecule has 4 amide bonds. The molecule has 0 bridgehead atoms. The molecule has 0 radical (unpaired) electrons. The molecule has 166 valence electrons. The Morgan fingerprint density at radius 2 is 1.85 bits per heavy atom. The fraction of sp³-hybridized carbons (Fsp3) is 0.0833. The first-order valence-electron chi connectivity index (χ1n) is 9.87. The molecular formula is C24H18N2O7. The zero-order chi connectivity index (χ0) is 23.4. The SMILES string of the molecule is O=C1NC(=O)N(Cc2ccco2)C(=O)C1=Cc1ccc(OCc2cccc(C(=O)O)c2)cc1. The summed E-state index contributed by atoms with van der Waals surface area (Å²) >= 11 is 0. The van der Waals surface area contributed by atoms with Gasteiger partial charge in [-0.25, -0.2) is 9.59 Å². The number of carboxylic acid groups (broad SMARTS) is 1. The number of imide groups is 2. The second-order valence-corrected chi connectivity index (χ2v) is 7.15. The quantitative estimate of drug-likeness (QED) is 0.421. The number of carbonyl (C=O) groups excluding carboxylic acids is 3. The molecule has 2 N–H and O–H groups in total. The van der Waals surface area contributed by atoms with Crippen molar-refractivity contribution in [3.05, 3.63) is 95.0 Å². The van der Waals surface area contributed by atoms with Crippen LogP contribution < -0.4 is 10.1 Å². The molecular weight excluding hydrogens is 428 g/mol. The number of nitrogens with zero attached hydrogens (tertiary/aromatic N) is 1. The van der Waals surface area contributed by atoms with E-state index in [1.807, 2.05) is 0 Å². The zero-order valence-electron chi connectivity index (χ0n) is 17.2. The Labute approximate surface area is 187 Å². The van der Waals surface area contributed by atoms with Gasteiger partial charge in [-0.1, -0.05) is 24.3 Å². The molecule has 0 spiro atoms. The third-order valence-corrected chi connectivity index (χ3v) is 4.85. The van der Waals surface area contributed by atoms with Crippen molar-refractivity contribution in [2.45, 2.75) is 13.2 Å². The largest absolute Gasteiger partial charge is 0.489 e. The van der Waals surface area contributed by atoms with Gasteiger partial charge in [0.25, 0.3) is 11.8 Å². The van der Waals surface area contributed by atoms with Crippen LogP contribution in [0.3, 0.4) is 0 Å². The van der Waals surface area contributed by atoms with E-state index in [0.29, 0.717) is 22.6 Å². The van der Waals surface area contributed by atoms with E-state index < -0.39 is 23.8 Å². The number of carboxylic acids is 1. The lowest BCUT2D eigenvalue weighted by molar-refractivity contribution is -0.130. The third kappa shape index (κ3) is 4.99. The zero-order valence-corrected chi connectivity index (χ0v) is 17.2. The molecule has 0 atom stereocenters. The van der Waals surface area contributed by atoms with E-state index in [1.165, 1.54) is 24.5 Å². The minimum atomic E-state index is -1.01. The van der Waals surface area contributed by atoms with Crippen molar-refractivity contribution in [2.24, 2.45) is 0 Å². The van der Waals surface area contributed by atoms with Gasteiger partial charge in [-0.05, 0) is 53.6 Å². The lowest BCUT2D eigenvalue weighted by Gasteiger charge is -2.25. The molecule has 1 saturated heterocycles. The van der Waals surface area contributed by atoms with Gasteiger partial charge in [-0.3, -0.25) is 19.8 Å². The molecule has 1 aliphatic heterocycles. The Morgan fingerprint density at radius 1 is 1.06 bits per heavy atom. The molecule has 1 aliphatic rings. The van der Waals surface area contributed by atoms with Gasteiger partial charge in [-0.2, -0.15) is 0 Å². The number of carbonyl (C=O) groups is 4. The minimum absolute atomic E-state index is 0.0991. The van der Waals surface area contributed by atoms with Crippen LogP contribution in [0.25, 0.3) is 6.08 Å². The molecule has 4 rings (SSSR count). The lowest BCUT2D eigenvalue weighted by Crippen LogP contribution is -2.53. The second kappa shape index (κ2) is 9.23. The summed E-state index contributed by atoms with van der Waals surface area (Å²) in [4.78, 5) is 49.0. The summed E-state index contributed by atoms with van der Waals surface area (Å²) < 4.78 is 10.9. The summed E-state index contributed by atoms with van der Waals surface area (Å²) in [6.07, 6.45) is 2.81. The van der Waals surface area contributed by atoms with Crippen molar-refractivity contribution in [1.29, 1.82) is 0 Å². The molecule has 2 heterocycles. The van der Waals surface area contributed by atoms with Crippen LogP contribution >= 0.6 is 0 Å². The van der Waals surface area contributed by atoms with Crippen molar-refractivity contribution in [3.63, 3.8) is 0 Å². The Balaban J connectivity index is 1.45. The van der Waals surface area contributed by atoms with Gasteiger partial charge >= 0.3 is 12.0 Å². The predicted molar refractivity (Wildman–Crippen MR) is 115 cm³/mol. The summed E-state index contributed by atoms with van der Waals surface area (Å²) in [5, 5.41) is 11.2. The van der Waals surface area contributed by atoms with E-state index in [9.17, 15) is 19.2 Å². The van der Waals surface area contributed by atoms with E-state index in [-0.39, 0.29) is 24.3 Å². The van der Waals surface area contributed by atoms with Crippen LogP contribution in [0.15, 0.2) is 76.9 Å². The molecule has 33 heavy (non-hydrogen) atoms. The number of furan rings is 1. The van der Waals surface area contributed by atoms with Crippen LogP contribution in [0.2, 0.25) is 0 Å². The van der Waals surface area contributed by atoms with Crippen LogP contribution in [-0.4, -0.2) is 33.8 Å². The Hall–Kier alpha value is -4.66. The van der Waals surface area contributed by atoms with E-state index >= 15 is 0 Å². The van der Waals surface area contributed by atoms with Crippen LogP contribution in [0.1, 0.15) is 27.2 Å². The fourth-order valence-corrected chi connectivity index (χ4v) is 3.18. The molecule has 9 nitrogen and oxygen atoms in total. The van der Waals surface area contributed by atoms with Gasteiger partial charge in [0.15, 0.2) is 0 Å². The Bertz CT molecular complexity index is 1240. The number of rotatable bonds is 7. The van der Waals surface area contributed by atoms with Crippen LogP contribution in [-0.2, 0) is 22.7 Å². The maximum absolute atomic E-state index is 12.7. The molecule has 9 heteroatoms. The number of amides is 4. The van der Waals surface area contributed by atoms with Crippen LogP contribution in [0, 0.1) is 0 Å². The van der Waals surface area contributed by atoms with Crippen LogP contribution in [0.5, 0.6) is 5.75 Å². The van der Waals surface area contributed by atoms with Gasteiger partial charge in [0.05, 0.1) is 18.4 Å². The average molecular weight is 446 g/mol. The highest BCUT2D eigenvalue weighted by Gasteiger charge is 2.36.